The zero-order valence-corrected chi connectivity index (χ0v) is 22.7. The third-order valence-corrected chi connectivity index (χ3v) is 8.69. The number of thiophene rings is 1. The van der Waals surface area contributed by atoms with Gasteiger partial charge in [-0.3, -0.25) is 19.7 Å². The fraction of sp³-hybridized carbons (Fsp3) is 0.444. The monoisotopic (exact) mass is 562 g/mol. The number of amides is 1. The van der Waals surface area contributed by atoms with E-state index in [2.05, 4.69) is 20.0 Å². The van der Waals surface area contributed by atoms with Gasteiger partial charge in [0.25, 0.3) is 5.91 Å². The minimum absolute atomic E-state index is 0.0437. The van der Waals surface area contributed by atoms with Crippen LogP contribution in [-0.4, -0.2) is 96.9 Å². The number of aromatic amines is 2. The Bertz CT molecular complexity index is 1740. The Morgan fingerprint density at radius 2 is 2.05 bits per heavy atom. The van der Waals surface area contributed by atoms with E-state index in [1.807, 2.05) is 23.1 Å². The molecule has 0 aromatic carbocycles. The van der Waals surface area contributed by atoms with Crippen LogP contribution in [0.5, 0.6) is 5.88 Å². The van der Waals surface area contributed by atoms with Crippen molar-refractivity contribution >= 4 is 29.0 Å². The highest BCUT2D eigenvalue weighted by molar-refractivity contribution is 7.17. The van der Waals surface area contributed by atoms with Crippen molar-refractivity contribution in [1.82, 2.24) is 34.4 Å². The largest absolute Gasteiger partial charge is 0.493 e. The lowest BCUT2D eigenvalue weighted by molar-refractivity contribution is 0.0435. The lowest BCUT2D eigenvalue weighted by Gasteiger charge is -2.35. The number of H-pyrrole nitrogens is 2. The average molecular weight is 563 g/mol. The molecule has 0 spiro atoms. The first-order valence-electron chi connectivity index (χ1n) is 13.7. The van der Waals surface area contributed by atoms with Crippen molar-refractivity contribution in [3.8, 4) is 16.5 Å². The molecule has 40 heavy (non-hydrogen) atoms. The van der Waals surface area contributed by atoms with Gasteiger partial charge in [0.05, 0.1) is 33.8 Å². The predicted octanol–water partition coefficient (Wildman–Crippen LogP) is 0.727. The quantitative estimate of drug-likeness (QED) is 0.314. The highest BCUT2D eigenvalue weighted by Crippen LogP contribution is 2.28. The molecule has 13 heteroatoms. The third kappa shape index (κ3) is 5.07. The number of aromatic nitrogens is 5. The fourth-order valence-electron chi connectivity index (χ4n) is 5.28. The number of carbonyl (C=O) groups is 1. The third-order valence-electron chi connectivity index (χ3n) is 7.59. The molecule has 0 radical (unpaired) electrons. The Morgan fingerprint density at radius 1 is 1.20 bits per heavy atom. The molecule has 1 unspecified atom stereocenters. The molecule has 1 aliphatic carbocycles. The minimum Gasteiger partial charge on any atom is -0.493 e. The summed E-state index contributed by atoms with van der Waals surface area (Å²) in [7, 11) is 0. The summed E-state index contributed by atoms with van der Waals surface area (Å²) in [4.78, 5) is 45.4. The maximum atomic E-state index is 13.4. The second-order valence-electron chi connectivity index (χ2n) is 10.6. The number of carbonyl (C=O) groups excluding carboxylic acids is 1. The van der Waals surface area contributed by atoms with Crippen LogP contribution < -0.4 is 16.4 Å². The maximum Gasteiger partial charge on any atom is 0.326 e. The van der Waals surface area contributed by atoms with E-state index in [9.17, 15) is 14.7 Å². The second kappa shape index (κ2) is 10.3. The zero-order valence-electron chi connectivity index (χ0n) is 21.9. The van der Waals surface area contributed by atoms with Crippen LogP contribution >= 0.6 is 11.3 Å². The first-order chi connectivity index (χ1) is 19.5. The van der Waals surface area contributed by atoms with Crippen LogP contribution in [0, 0.1) is 0 Å². The lowest BCUT2D eigenvalue weighted by Crippen LogP contribution is -2.50. The van der Waals surface area contributed by atoms with Gasteiger partial charge >= 0.3 is 5.69 Å². The molecule has 3 aliphatic rings. The fourth-order valence-corrected chi connectivity index (χ4v) is 6.21. The van der Waals surface area contributed by atoms with E-state index < -0.39 is 5.69 Å². The maximum absolute atomic E-state index is 13.4. The summed E-state index contributed by atoms with van der Waals surface area (Å²) in [6, 6.07) is 5.97. The lowest BCUT2D eigenvalue weighted by atomic mass is 10.2. The van der Waals surface area contributed by atoms with Gasteiger partial charge in [-0.15, -0.1) is 11.3 Å². The van der Waals surface area contributed by atoms with Gasteiger partial charge in [0.2, 0.25) is 5.88 Å². The minimum atomic E-state index is -0.502. The highest BCUT2D eigenvalue weighted by Gasteiger charge is 2.26. The van der Waals surface area contributed by atoms with Gasteiger partial charge in [-0.05, 0) is 43.9 Å². The molecule has 2 saturated heterocycles. The number of imidazole rings is 1. The molecule has 1 saturated carbocycles. The van der Waals surface area contributed by atoms with Gasteiger partial charge in [0.1, 0.15) is 5.69 Å². The predicted molar refractivity (Wildman–Crippen MR) is 148 cm³/mol. The summed E-state index contributed by atoms with van der Waals surface area (Å²) >= 11 is 1.42. The van der Waals surface area contributed by atoms with E-state index in [1.54, 1.807) is 16.8 Å². The smallest absolute Gasteiger partial charge is 0.326 e. The zero-order chi connectivity index (χ0) is 27.2. The summed E-state index contributed by atoms with van der Waals surface area (Å²) < 4.78 is 7.45. The van der Waals surface area contributed by atoms with Crippen molar-refractivity contribution in [3.05, 3.63) is 56.2 Å². The summed E-state index contributed by atoms with van der Waals surface area (Å²) in [5.41, 5.74) is 1.66. The number of hydrogen-bond acceptors (Lipinski definition) is 9. The van der Waals surface area contributed by atoms with E-state index in [0.717, 1.165) is 56.8 Å². The summed E-state index contributed by atoms with van der Waals surface area (Å²) in [6.45, 7) is 4.93. The number of nitrogens with zero attached hydrogens (tertiary/aromatic N) is 6. The average Bonchev–Trinajstić information content (AvgIpc) is 3.34. The van der Waals surface area contributed by atoms with Crippen LogP contribution in [0.4, 0.5) is 0 Å². The van der Waals surface area contributed by atoms with Crippen molar-refractivity contribution in [2.75, 3.05) is 39.3 Å². The van der Waals surface area contributed by atoms with Crippen LogP contribution in [0.2, 0.25) is 0 Å². The van der Waals surface area contributed by atoms with Crippen LogP contribution in [0.3, 0.4) is 0 Å². The van der Waals surface area contributed by atoms with Crippen LogP contribution in [0.1, 0.15) is 41.0 Å². The molecule has 2 aliphatic heterocycles. The Balaban J connectivity index is 1.16. The van der Waals surface area contributed by atoms with Crippen LogP contribution in [0.25, 0.3) is 22.3 Å². The number of rotatable bonds is 6. The Hall–Kier alpha value is -3.81. The number of hydrogen-bond donors (Lipinski definition) is 3. The van der Waals surface area contributed by atoms with Gasteiger partial charge < -0.3 is 19.7 Å². The Morgan fingerprint density at radius 3 is 2.77 bits per heavy atom. The normalized spacial score (nSPS) is 21.2. The topological polar surface area (TPSA) is 144 Å². The van der Waals surface area contributed by atoms with Gasteiger partial charge in [-0.1, -0.05) is 0 Å². The van der Waals surface area contributed by atoms with E-state index in [4.69, 9.17) is 14.7 Å². The van der Waals surface area contributed by atoms with Crippen molar-refractivity contribution in [2.24, 2.45) is 4.99 Å². The molecule has 4 aromatic heterocycles. The van der Waals surface area contributed by atoms with Crippen molar-refractivity contribution < 1.29 is 14.6 Å². The van der Waals surface area contributed by atoms with Crippen molar-refractivity contribution in [2.45, 2.75) is 37.8 Å². The van der Waals surface area contributed by atoms with Crippen LogP contribution in [-0.2, 0) is 4.74 Å². The summed E-state index contributed by atoms with van der Waals surface area (Å²) in [5, 5.41) is 15.1. The number of ether oxygens (including phenoxy) is 1. The van der Waals surface area contributed by atoms with Gasteiger partial charge in [-0.2, -0.15) is 9.61 Å². The molecule has 12 nitrogen and oxygen atoms in total. The Labute approximate surface area is 232 Å². The van der Waals surface area contributed by atoms with E-state index in [0.29, 0.717) is 46.1 Å². The molecule has 1 amide bonds. The standard InChI is InChI=1S/C27H30N8O4S/c36-25-20(31-27(38)32-25)12-16-14-28-35-23(29-17-3-4-17)13-19(30-24(16)35)21-5-6-22(40-21)26(37)34-9-7-33(8-10-34)15-18-2-1-11-39-18/h5-6,12-14,17-18,36H,1-4,7-11,15H2,(H2,31,32,38)/b16-12+,29-23?. The first kappa shape index (κ1) is 25.2. The highest BCUT2D eigenvalue weighted by atomic mass is 32.1. The Kier molecular flexibility index (Phi) is 6.48. The molecule has 6 heterocycles. The van der Waals surface area contributed by atoms with Crippen molar-refractivity contribution in [1.29, 1.82) is 0 Å². The number of piperazine rings is 1. The molecule has 7 rings (SSSR count). The summed E-state index contributed by atoms with van der Waals surface area (Å²) in [6.07, 6.45) is 7.92. The first-order valence-corrected chi connectivity index (χ1v) is 14.5. The molecule has 1 atom stereocenters. The number of aromatic hydroxyl groups is 1. The molecular formula is C27H30N8O4S. The molecular weight excluding hydrogens is 532 g/mol. The SMILES string of the molecule is O=C(c1ccc(-c2cc(=NC3CC3)n3nc/c(=C\c4[nH]c(=O)[nH]c4O)c3n2)s1)N1CCN(CC2CCCO2)CC1. The molecule has 3 N–H and O–H groups in total. The number of nitrogens with one attached hydrogen (secondary N) is 2. The van der Waals surface area contributed by atoms with Gasteiger partial charge in [0.15, 0.2) is 11.1 Å². The van der Waals surface area contributed by atoms with Gasteiger partial charge in [0, 0.05) is 50.6 Å². The van der Waals surface area contributed by atoms with Crippen LogP contribution in [0.15, 0.2) is 34.2 Å². The second-order valence-corrected chi connectivity index (χ2v) is 11.7. The van der Waals surface area contributed by atoms with E-state index >= 15 is 0 Å². The molecule has 208 valence electrons. The van der Waals surface area contributed by atoms with E-state index in [-0.39, 0.29) is 23.5 Å². The molecule has 0 bridgehead atoms. The van der Waals surface area contributed by atoms with Crippen molar-refractivity contribution in [3.63, 3.8) is 0 Å². The molecule has 4 aromatic rings. The molecule has 3 fully saturated rings. The number of fused-ring (bicyclic) bond motifs is 1. The van der Waals surface area contributed by atoms with Gasteiger partial charge in [-0.25, -0.2) is 9.78 Å². The van der Waals surface area contributed by atoms with E-state index in [1.165, 1.54) is 11.3 Å². The summed E-state index contributed by atoms with van der Waals surface area (Å²) in [5.74, 6) is -0.209.